The summed E-state index contributed by atoms with van der Waals surface area (Å²) in [4.78, 5) is 11.0. The molecule has 1 aliphatic heterocycles. The number of fused-ring (bicyclic) bond motifs is 1. The van der Waals surface area contributed by atoms with Crippen LogP contribution in [0.25, 0.3) is 0 Å². The number of nitriles is 1. The number of amides is 1. The number of halogens is 3. The van der Waals surface area contributed by atoms with Crippen molar-refractivity contribution in [1.82, 2.24) is 10.2 Å². The number of H-pyrrole nitrogens is 1. The SMILES string of the molecule is Cc1[nH]nc2c1C(c1cc(C#CCC(N)=O)cc(C(F)(F)F)c1)(C(C)C)C(C#N)=C(N)O2. The van der Waals surface area contributed by atoms with E-state index >= 15 is 0 Å². The Morgan fingerprint density at radius 2 is 2.03 bits per heavy atom. The lowest BCUT2D eigenvalue weighted by atomic mass is 9.61. The van der Waals surface area contributed by atoms with E-state index < -0.39 is 29.0 Å². The highest BCUT2D eigenvalue weighted by atomic mass is 19.4. The van der Waals surface area contributed by atoms with Gasteiger partial charge in [-0.25, -0.2) is 0 Å². The molecule has 2 heterocycles. The van der Waals surface area contributed by atoms with Gasteiger partial charge >= 0.3 is 6.18 Å². The summed E-state index contributed by atoms with van der Waals surface area (Å²) in [7, 11) is 0. The average molecular weight is 443 g/mol. The predicted octanol–water partition coefficient (Wildman–Crippen LogP) is 2.99. The normalized spacial score (nSPS) is 17.8. The van der Waals surface area contributed by atoms with Gasteiger partial charge in [-0.2, -0.15) is 18.4 Å². The van der Waals surface area contributed by atoms with Crippen molar-refractivity contribution in [3.05, 3.63) is 57.6 Å². The lowest BCUT2D eigenvalue weighted by Gasteiger charge is -2.41. The van der Waals surface area contributed by atoms with Crippen molar-refractivity contribution in [2.24, 2.45) is 17.4 Å². The van der Waals surface area contributed by atoms with Crippen molar-refractivity contribution in [1.29, 1.82) is 5.26 Å². The fraction of sp³-hybridized carbons (Fsp3) is 0.318. The largest absolute Gasteiger partial charge is 0.420 e. The topological polar surface area (TPSA) is 131 Å². The van der Waals surface area contributed by atoms with E-state index in [1.165, 1.54) is 6.07 Å². The van der Waals surface area contributed by atoms with Crippen LogP contribution in [-0.4, -0.2) is 16.1 Å². The van der Waals surface area contributed by atoms with Crippen molar-refractivity contribution in [2.75, 3.05) is 0 Å². The van der Waals surface area contributed by atoms with E-state index in [2.05, 4.69) is 22.0 Å². The third-order valence-electron chi connectivity index (χ3n) is 5.34. The number of aromatic amines is 1. The van der Waals surface area contributed by atoms with Gasteiger partial charge in [-0.1, -0.05) is 25.7 Å². The van der Waals surface area contributed by atoms with E-state index in [1.54, 1.807) is 20.8 Å². The maximum atomic E-state index is 13.8. The summed E-state index contributed by atoms with van der Waals surface area (Å²) in [5, 5.41) is 16.8. The Bertz CT molecular complexity index is 1220. The summed E-state index contributed by atoms with van der Waals surface area (Å²) in [6.45, 7) is 5.22. The van der Waals surface area contributed by atoms with E-state index in [0.717, 1.165) is 12.1 Å². The first-order valence-corrected chi connectivity index (χ1v) is 9.56. The molecule has 32 heavy (non-hydrogen) atoms. The van der Waals surface area contributed by atoms with Gasteiger partial charge in [-0.3, -0.25) is 9.89 Å². The van der Waals surface area contributed by atoms with E-state index in [1.807, 2.05) is 6.07 Å². The van der Waals surface area contributed by atoms with Crippen LogP contribution in [0.4, 0.5) is 13.2 Å². The molecule has 10 heteroatoms. The molecule has 166 valence electrons. The highest BCUT2D eigenvalue weighted by Gasteiger charge is 2.51. The smallest absolute Gasteiger partial charge is 0.416 e. The van der Waals surface area contributed by atoms with Crippen molar-refractivity contribution < 1.29 is 22.7 Å². The van der Waals surface area contributed by atoms with Gasteiger partial charge in [-0.05, 0) is 36.6 Å². The molecule has 2 aromatic rings. The number of hydrogen-bond donors (Lipinski definition) is 3. The van der Waals surface area contributed by atoms with E-state index in [4.69, 9.17) is 16.2 Å². The Hall–Kier alpha value is -3.92. The predicted molar refractivity (Wildman–Crippen MR) is 109 cm³/mol. The molecule has 1 aromatic carbocycles. The molecule has 3 rings (SSSR count). The van der Waals surface area contributed by atoms with Crippen LogP contribution in [0.5, 0.6) is 5.88 Å². The van der Waals surface area contributed by atoms with E-state index in [0.29, 0.717) is 11.3 Å². The standard InChI is InChI=1S/C22H20F3N5O2/c1-11(2)21(16(10-26)19(28)32-20-18(21)12(3)29-30-20)14-7-13(5-4-6-17(27)31)8-15(9-14)22(23,24)25/h7-9,11H,6,28H2,1-3H3,(H2,27,31)(H,29,30). The van der Waals surface area contributed by atoms with Crippen LogP contribution in [0, 0.1) is 36.0 Å². The summed E-state index contributed by atoms with van der Waals surface area (Å²) >= 11 is 0. The number of ether oxygens (including phenoxy) is 1. The summed E-state index contributed by atoms with van der Waals surface area (Å²) < 4.78 is 46.9. The van der Waals surface area contributed by atoms with E-state index in [-0.39, 0.29) is 34.9 Å². The minimum Gasteiger partial charge on any atom is -0.420 e. The molecule has 1 amide bonds. The second-order valence-corrected chi connectivity index (χ2v) is 7.69. The lowest BCUT2D eigenvalue weighted by molar-refractivity contribution is -0.137. The van der Waals surface area contributed by atoms with Crippen LogP contribution in [0.15, 0.2) is 29.7 Å². The fourth-order valence-corrected chi connectivity index (χ4v) is 4.09. The summed E-state index contributed by atoms with van der Waals surface area (Å²) in [5.41, 5.74) is 9.84. The number of nitrogens with two attached hydrogens (primary N) is 2. The Balaban J connectivity index is 2.43. The zero-order chi connectivity index (χ0) is 23.8. The number of benzene rings is 1. The third kappa shape index (κ3) is 3.65. The molecular formula is C22H20F3N5O2. The average Bonchev–Trinajstić information content (AvgIpc) is 3.06. The Morgan fingerprint density at radius 3 is 2.59 bits per heavy atom. The Labute approximate surface area is 182 Å². The van der Waals surface area contributed by atoms with Crippen molar-refractivity contribution in [3.63, 3.8) is 0 Å². The molecule has 0 radical (unpaired) electrons. The summed E-state index contributed by atoms with van der Waals surface area (Å²) in [6, 6.07) is 5.34. The number of aromatic nitrogens is 2. The number of hydrogen-bond acceptors (Lipinski definition) is 5. The number of nitrogens with one attached hydrogen (secondary N) is 1. The van der Waals surface area contributed by atoms with Gasteiger partial charge < -0.3 is 16.2 Å². The van der Waals surface area contributed by atoms with Crippen molar-refractivity contribution >= 4 is 5.91 Å². The zero-order valence-corrected chi connectivity index (χ0v) is 17.5. The molecule has 1 aromatic heterocycles. The number of nitrogens with zero attached hydrogens (tertiary/aromatic N) is 2. The number of alkyl halides is 3. The molecule has 1 unspecified atom stereocenters. The second kappa shape index (κ2) is 7.97. The number of carbonyl (C=O) groups is 1. The molecule has 0 fully saturated rings. The lowest BCUT2D eigenvalue weighted by Crippen LogP contribution is -2.41. The van der Waals surface area contributed by atoms with Gasteiger partial charge in [0, 0.05) is 11.3 Å². The minimum absolute atomic E-state index is 0.0150. The van der Waals surface area contributed by atoms with Crippen LogP contribution in [0.2, 0.25) is 0 Å². The number of rotatable bonds is 3. The van der Waals surface area contributed by atoms with Crippen LogP contribution in [0.1, 0.15) is 48.2 Å². The molecule has 0 aliphatic carbocycles. The number of carbonyl (C=O) groups excluding carboxylic acids is 1. The molecule has 1 aliphatic rings. The summed E-state index contributed by atoms with van der Waals surface area (Å²) in [5.74, 6) is 3.77. The van der Waals surface area contributed by atoms with Gasteiger partial charge in [0.05, 0.1) is 23.0 Å². The fourth-order valence-electron chi connectivity index (χ4n) is 4.09. The van der Waals surface area contributed by atoms with Crippen LogP contribution in [-0.2, 0) is 16.4 Å². The molecule has 1 atom stereocenters. The number of allylic oxidation sites excluding steroid dienone is 1. The maximum Gasteiger partial charge on any atom is 0.416 e. The molecule has 7 nitrogen and oxygen atoms in total. The van der Waals surface area contributed by atoms with Gasteiger partial charge in [0.25, 0.3) is 0 Å². The quantitative estimate of drug-likeness (QED) is 0.628. The Kier molecular flexibility index (Phi) is 5.67. The maximum absolute atomic E-state index is 13.8. The van der Waals surface area contributed by atoms with Crippen molar-refractivity contribution in [2.45, 2.75) is 38.8 Å². The number of primary amides is 1. The molecule has 0 bridgehead atoms. The molecule has 5 N–H and O–H groups in total. The van der Waals surface area contributed by atoms with Crippen LogP contribution >= 0.6 is 0 Å². The van der Waals surface area contributed by atoms with Crippen molar-refractivity contribution in [3.8, 4) is 23.8 Å². The van der Waals surface area contributed by atoms with Gasteiger partial charge in [0.15, 0.2) is 0 Å². The molecular weight excluding hydrogens is 423 g/mol. The first kappa shape index (κ1) is 22.8. The Morgan fingerprint density at radius 1 is 1.34 bits per heavy atom. The molecule has 0 spiro atoms. The molecule has 0 saturated carbocycles. The van der Waals surface area contributed by atoms with Gasteiger partial charge in [0.2, 0.25) is 17.7 Å². The van der Waals surface area contributed by atoms with Crippen LogP contribution < -0.4 is 16.2 Å². The first-order chi connectivity index (χ1) is 14.9. The second-order valence-electron chi connectivity index (χ2n) is 7.69. The third-order valence-corrected chi connectivity index (χ3v) is 5.34. The first-order valence-electron chi connectivity index (χ1n) is 9.56. The molecule has 0 saturated heterocycles. The van der Waals surface area contributed by atoms with Crippen LogP contribution in [0.3, 0.4) is 0 Å². The highest BCUT2D eigenvalue weighted by Crippen LogP contribution is 2.53. The number of aryl methyl sites for hydroxylation is 1. The van der Waals surface area contributed by atoms with E-state index in [9.17, 15) is 23.2 Å². The minimum atomic E-state index is -4.68. The van der Waals surface area contributed by atoms with Gasteiger partial charge in [-0.15, -0.1) is 5.10 Å². The van der Waals surface area contributed by atoms with Gasteiger partial charge in [0.1, 0.15) is 11.6 Å². The monoisotopic (exact) mass is 443 g/mol. The zero-order valence-electron chi connectivity index (χ0n) is 17.5. The highest BCUT2D eigenvalue weighted by molar-refractivity contribution is 5.76. The summed E-state index contributed by atoms with van der Waals surface area (Å²) in [6.07, 6.45) is -4.99.